The smallest absolute Gasteiger partial charge is 0.258 e. The molecule has 1 amide bonds. The van der Waals surface area contributed by atoms with Crippen LogP contribution in [-0.4, -0.2) is 26.1 Å². The summed E-state index contributed by atoms with van der Waals surface area (Å²) in [4.78, 5) is 13.7. The van der Waals surface area contributed by atoms with Gasteiger partial charge in [-0.05, 0) is 36.4 Å². The molecule has 116 valence electrons. The molecule has 0 fully saturated rings. The number of hydrogen-bond donors (Lipinski definition) is 1. The van der Waals surface area contributed by atoms with Gasteiger partial charge in [-0.3, -0.25) is 4.79 Å². The fraction of sp³-hybridized carbons (Fsp3) is 0.125. The van der Waals surface area contributed by atoms with E-state index in [1.807, 2.05) is 6.92 Å². The molecule has 0 saturated heterocycles. The van der Waals surface area contributed by atoms with Crippen molar-refractivity contribution < 1.29 is 9.18 Å². The molecule has 1 N–H and O–H groups in total. The predicted molar refractivity (Wildman–Crippen MR) is 83.3 cm³/mol. The van der Waals surface area contributed by atoms with Gasteiger partial charge in [0.25, 0.3) is 5.91 Å². The third-order valence-electron chi connectivity index (χ3n) is 3.27. The summed E-state index contributed by atoms with van der Waals surface area (Å²) in [7, 11) is 0. The van der Waals surface area contributed by atoms with E-state index in [4.69, 9.17) is 0 Å². The summed E-state index contributed by atoms with van der Waals surface area (Å²) in [5.41, 5.74) is 1.10. The van der Waals surface area contributed by atoms with Gasteiger partial charge in [0.1, 0.15) is 5.82 Å². The topological polar surface area (TPSA) is 72.7 Å². The number of rotatable bonds is 4. The fourth-order valence-corrected chi connectivity index (χ4v) is 2.11. The standard InChI is InChI=1S/C16H14FN5O/c1-2-22-20-15(19-21-22)12-8-4-6-10-14(12)18-16(23)11-7-3-5-9-13(11)17/h3-10H,2H2,1H3,(H,18,23). The summed E-state index contributed by atoms with van der Waals surface area (Å²) in [6.07, 6.45) is 0. The first kappa shape index (κ1) is 14.8. The van der Waals surface area contributed by atoms with Crippen molar-refractivity contribution in [2.45, 2.75) is 13.5 Å². The van der Waals surface area contributed by atoms with Gasteiger partial charge in [-0.15, -0.1) is 10.2 Å². The first-order chi connectivity index (χ1) is 11.2. The summed E-state index contributed by atoms with van der Waals surface area (Å²) in [5, 5.41) is 14.8. The normalized spacial score (nSPS) is 10.5. The number of aromatic nitrogens is 4. The molecule has 3 aromatic rings. The molecule has 0 atom stereocenters. The van der Waals surface area contributed by atoms with Crippen LogP contribution in [0, 0.1) is 5.82 Å². The van der Waals surface area contributed by atoms with Gasteiger partial charge in [-0.25, -0.2) is 4.39 Å². The minimum absolute atomic E-state index is 0.0209. The average molecular weight is 311 g/mol. The number of para-hydroxylation sites is 1. The van der Waals surface area contributed by atoms with E-state index in [9.17, 15) is 9.18 Å². The minimum atomic E-state index is -0.572. The van der Waals surface area contributed by atoms with Crippen molar-refractivity contribution in [2.24, 2.45) is 0 Å². The SMILES string of the molecule is CCn1nnc(-c2ccccc2NC(=O)c2ccccc2F)n1. The van der Waals surface area contributed by atoms with Crippen molar-refractivity contribution >= 4 is 11.6 Å². The van der Waals surface area contributed by atoms with Crippen molar-refractivity contribution in [3.05, 3.63) is 59.9 Å². The minimum Gasteiger partial charge on any atom is -0.321 e. The average Bonchev–Trinajstić information content (AvgIpc) is 3.04. The maximum absolute atomic E-state index is 13.7. The predicted octanol–water partition coefficient (Wildman–Crippen LogP) is 2.75. The number of nitrogens with zero attached hydrogens (tertiary/aromatic N) is 4. The maximum atomic E-state index is 13.7. The highest BCUT2D eigenvalue weighted by Gasteiger charge is 2.15. The number of benzene rings is 2. The quantitative estimate of drug-likeness (QED) is 0.804. The van der Waals surface area contributed by atoms with Crippen LogP contribution in [0.15, 0.2) is 48.5 Å². The molecule has 0 bridgehead atoms. The molecule has 0 unspecified atom stereocenters. The molecular formula is C16H14FN5O. The van der Waals surface area contributed by atoms with E-state index in [-0.39, 0.29) is 5.56 Å². The summed E-state index contributed by atoms with van der Waals surface area (Å²) in [5.74, 6) is -0.702. The highest BCUT2D eigenvalue weighted by atomic mass is 19.1. The Morgan fingerprint density at radius 1 is 1.17 bits per heavy atom. The van der Waals surface area contributed by atoms with Crippen LogP contribution in [0.3, 0.4) is 0 Å². The van der Waals surface area contributed by atoms with Crippen molar-refractivity contribution in [2.75, 3.05) is 5.32 Å². The molecule has 0 aliphatic heterocycles. The Labute approximate surface area is 132 Å². The second-order valence-corrected chi connectivity index (χ2v) is 4.78. The molecule has 1 aromatic heterocycles. The lowest BCUT2D eigenvalue weighted by Gasteiger charge is -2.09. The van der Waals surface area contributed by atoms with Crippen molar-refractivity contribution in [3.8, 4) is 11.4 Å². The van der Waals surface area contributed by atoms with E-state index >= 15 is 0 Å². The highest BCUT2D eigenvalue weighted by Crippen LogP contribution is 2.25. The molecule has 0 aliphatic rings. The van der Waals surface area contributed by atoms with Crippen LogP contribution in [0.2, 0.25) is 0 Å². The van der Waals surface area contributed by atoms with E-state index in [2.05, 4.69) is 20.7 Å². The van der Waals surface area contributed by atoms with Crippen LogP contribution in [0.4, 0.5) is 10.1 Å². The van der Waals surface area contributed by atoms with Crippen LogP contribution in [0.5, 0.6) is 0 Å². The lowest BCUT2D eigenvalue weighted by atomic mass is 10.1. The molecule has 0 saturated carbocycles. The molecule has 2 aromatic carbocycles. The lowest BCUT2D eigenvalue weighted by Crippen LogP contribution is -2.14. The maximum Gasteiger partial charge on any atom is 0.258 e. The lowest BCUT2D eigenvalue weighted by molar-refractivity contribution is 0.102. The zero-order valence-corrected chi connectivity index (χ0v) is 12.4. The first-order valence-corrected chi connectivity index (χ1v) is 7.12. The summed E-state index contributed by atoms with van der Waals surface area (Å²) < 4.78 is 13.7. The van der Waals surface area contributed by atoms with Crippen LogP contribution in [0.25, 0.3) is 11.4 Å². The molecule has 0 spiro atoms. The van der Waals surface area contributed by atoms with Crippen LogP contribution in [-0.2, 0) is 6.54 Å². The molecular weight excluding hydrogens is 297 g/mol. The number of carbonyl (C=O) groups excluding carboxylic acids is 1. The third-order valence-corrected chi connectivity index (χ3v) is 3.27. The summed E-state index contributed by atoms with van der Waals surface area (Å²) in [6, 6.07) is 12.9. The number of anilines is 1. The Kier molecular flexibility index (Phi) is 4.09. The molecule has 3 rings (SSSR count). The summed E-state index contributed by atoms with van der Waals surface area (Å²) in [6.45, 7) is 2.49. The molecule has 1 heterocycles. The number of amides is 1. The Balaban J connectivity index is 1.92. The van der Waals surface area contributed by atoms with Crippen LogP contribution in [0.1, 0.15) is 17.3 Å². The number of aryl methyl sites for hydroxylation is 1. The van der Waals surface area contributed by atoms with Crippen molar-refractivity contribution in [1.29, 1.82) is 0 Å². The van der Waals surface area contributed by atoms with Gasteiger partial charge in [0.2, 0.25) is 5.82 Å². The van der Waals surface area contributed by atoms with Gasteiger partial charge in [0.05, 0.1) is 17.8 Å². The number of carbonyl (C=O) groups is 1. The zero-order chi connectivity index (χ0) is 16.2. The van der Waals surface area contributed by atoms with Gasteiger partial charge in [0, 0.05) is 5.56 Å². The highest BCUT2D eigenvalue weighted by molar-refractivity contribution is 6.06. The van der Waals surface area contributed by atoms with E-state index in [1.54, 1.807) is 30.3 Å². The largest absolute Gasteiger partial charge is 0.321 e. The van der Waals surface area contributed by atoms with Crippen molar-refractivity contribution in [3.63, 3.8) is 0 Å². The van der Waals surface area contributed by atoms with E-state index < -0.39 is 11.7 Å². The van der Waals surface area contributed by atoms with E-state index in [0.717, 1.165) is 0 Å². The van der Waals surface area contributed by atoms with Gasteiger partial charge < -0.3 is 5.32 Å². The van der Waals surface area contributed by atoms with Crippen LogP contribution >= 0.6 is 0 Å². The summed E-state index contributed by atoms with van der Waals surface area (Å²) >= 11 is 0. The monoisotopic (exact) mass is 311 g/mol. The van der Waals surface area contributed by atoms with Gasteiger partial charge in [-0.1, -0.05) is 24.3 Å². The molecule has 0 aliphatic carbocycles. The molecule has 6 nitrogen and oxygen atoms in total. The second-order valence-electron chi connectivity index (χ2n) is 4.78. The van der Waals surface area contributed by atoms with E-state index in [1.165, 1.54) is 23.0 Å². The number of halogens is 1. The Morgan fingerprint density at radius 3 is 2.65 bits per heavy atom. The van der Waals surface area contributed by atoms with Crippen LogP contribution < -0.4 is 5.32 Å². The Hall–Kier alpha value is -3.09. The number of nitrogens with one attached hydrogen (secondary N) is 1. The second kappa shape index (κ2) is 6.35. The van der Waals surface area contributed by atoms with Gasteiger partial charge in [0.15, 0.2) is 0 Å². The molecule has 0 radical (unpaired) electrons. The Bertz CT molecular complexity index is 846. The van der Waals surface area contributed by atoms with Gasteiger partial charge in [-0.2, -0.15) is 4.80 Å². The number of tetrazole rings is 1. The van der Waals surface area contributed by atoms with E-state index in [0.29, 0.717) is 23.6 Å². The number of hydrogen-bond acceptors (Lipinski definition) is 4. The fourth-order valence-electron chi connectivity index (χ4n) is 2.11. The van der Waals surface area contributed by atoms with Crippen molar-refractivity contribution in [1.82, 2.24) is 20.2 Å². The Morgan fingerprint density at radius 2 is 1.91 bits per heavy atom. The van der Waals surface area contributed by atoms with Gasteiger partial charge >= 0.3 is 0 Å². The third kappa shape index (κ3) is 3.08. The molecule has 7 heteroatoms. The molecule has 23 heavy (non-hydrogen) atoms. The first-order valence-electron chi connectivity index (χ1n) is 7.12. The zero-order valence-electron chi connectivity index (χ0n) is 12.4.